The van der Waals surface area contributed by atoms with Crippen LogP contribution in [0.2, 0.25) is 0 Å². The number of nitrogens with two attached hydrogens (primary N) is 1. The zero-order valence-electron chi connectivity index (χ0n) is 31.1. The smallest absolute Gasteiger partial charge is 0.480 e. The van der Waals surface area contributed by atoms with Crippen LogP contribution < -0.4 is 16.4 Å². The Morgan fingerprint density at radius 3 is 1.87 bits per heavy atom. The van der Waals surface area contributed by atoms with Crippen molar-refractivity contribution in [3.8, 4) is 0 Å². The van der Waals surface area contributed by atoms with E-state index in [-0.39, 0.29) is 30.2 Å². The van der Waals surface area contributed by atoms with Crippen molar-refractivity contribution in [3.63, 3.8) is 0 Å². The molecule has 296 valence electrons. The number of amides is 4. The number of ether oxygens (including phenoxy) is 3. The fourth-order valence-electron chi connectivity index (χ4n) is 6.87. The molecule has 0 aliphatic carbocycles. The van der Waals surface area contributed by atoms with Gasteiger partial charge in [-0.05, 0) is 45.7 Å². The molecule has 0 radical (unpaired) electrons. The summed E-state index contributed by atoms with van der Waals surface area (Å²) in [7, 11) is 0. The monoisotopic (exact) mass is 799 g/mol. The van der Waals surface area contributed by atoms with Crippen molar-refractivity contribution in [2.24, 2.45) is 5.73 Å². The molecular formula is C37H45N5O11S2. The Morgan fingerprint density at radius 1 is 0.818 bits per heavy atom. The highest BCUT2D eigenvalue weighted by Crippen LogP contribution is 2.52. The van der Waals surface area contributed by atoms with E-state index >= 15 is 0 Å². The normalized spacial score (nSPS) is 26.3. The van der Waals surface area contributed by atoms with Crippen molar-refractivity contribution < 1.29 is 52.9 Å². The van der Waals surface area contributed by atoms with Crippen LogP contribution in [-0.4, -0.2) is 114 Å². The fourth-order valence-corrected chi connectivity index (χ4v) is 10.1. The van der Waals surface area contributed by atoms with E-state index in [0.29, 0.717) is 5.56 Å². The number of nitrogens with one attached hydrogen (secondary N) is 2. The maximum absolute atomic E-state index is 12.8. The molecule has 4 aliphatic rings. The predicted octanol–water partition coefficient (Wildman–Crippen LogP) is 2.16. The Kier molecular flexibility index (Phi) is 12.4. The molecule has 8 atom stereocenters. The highest BCUT2D eigenvalue weighted by molar-refractivity contribution is 8.02. The summed E-state index contributed by atoms with van der Waals surface area (Å²) in [6.45, 7) is 10.4. The van der Waals surface area contributed by atoms with Crippen LogP contribution in [0.3, 0.4) is 0 Å². The van der Waals surface area contributed by atoms with Gasteiger partial charge in [0.05, 0.1) is 13.0 Å². The number of nitrogens with zero attached hydrogens (tertiary/aromatic N) is 2. The average molecular weight is 800 g/mol. The molecule has 5 N–H and O–H groups in total. The second kappa shape index (κ2) is 16.5. The zero-order chi connectivity index (χ0) is 40.4. The minimum absolute atomic E-state index is 0.122. The van der Waals surface area contributed by atoms with Gasteiger partial charge in [0.1, 0.15) is 41.0 Å². The Hall–Kier alpha value is -4.81. The van der Waals surface area contributed by atoms with Crippen LogP contribution in [0.4, 0.5) is 4.79 Å². The number of esters is 1. The Morgan fingerprint density at radius 2 is 1.33 bits per heavy atom. The summed E-state index contributed by atoms with van der Waals surface area (Å²) in [5.41, 5.74) is 7.52. The molecule has 1 unspecified atom stereocenters. The molecule has 4 heterocycles. The van der Waals surface area contributed by atoms with E-state index in [1.54, 1.807) is 45.0 Å². The Bertz CT molecular complexity index is 1810. The number of hydrogen-bond donors (Lipinski definition) is 4. The molecule has 6 rings (SSSR count). The maximum Gasteiger partial charge on any atom is 0.511 e. The van der Waals surface area contributed by atoms with Crippen LogP contribution in [0, 0.1) is 0 Å². The van der Waals surface area contributed by atoms with Gasteiger partial charge in [0.15, 0.2) is 0 Å². The van der Waals surface area contributed by atoms with E-state index in [1.165, 1.54) is 40.2 Å². The van der Waals surface area contributed by atoms with Gasteiger partial charge in [-0.3, -0.25) is 19.2 Å². The second-order valence-electron chi connectivity index (χ2n) is 14.2. The second-order valence-corrected chi connectivity index (χ2v) is 17.8. The van der Waals surface area contributed by atoms with Crippen molar-refractivity contribution >= 4 is 65.2 Å². The molecule has 0 aromatic heterocycles. The molecule has 2 aromatic rings. The molecule has 2 aromatic carbocycles. The van der Waals surface area contributed by atoms with Crippen LogP contribution in [0.5, 0.6) is 0 Å². The number of hydrogen-bond acceptors (Lipinski definition) is 13. The van der Waals surface area contributed by atoms with Gasteiger partial charge < -0.3 is 45.5 Å². The number of carboxylic acid groups (broad SMARTS) is 1. The van der Waals surface area contributed by atoms with Crippen LogP contribution in [0.15, 0.2) is 60.7 Å². The minimum Gasteiger partial charge on any atom is -0.480 e. The summed E-state index contributed by atoms with van der Waals surface area (Å²) in [5, 5.41) is 14.0. The molecule has 4 amide bonds. The molecule has 4 fully saturated rings. The summed E-state index contributed by atoms with van der Waals surface area (Å²) in [6, 6.07) is 14.0. The molecule has 0 spiro atoms. The summed E-state index contributed by atoms with van der Waals surface area (Å²) in [4.78, 5) is 88.2. The van der Waals surface area contributed by atoms with Crippen molar-refractivity contribution in [1.29, 1.82) is 0 Å². The van der Waals surface area contributed by atoms with Gasteiger partial charge >= 0.3 is 18.1 Å². The average Bonchev–Trinajstić information content (AvgIpc) is 3.54. The third-order valence-corrected chi connectivity index (χ3v) is 12.6. The van der Waals surface area contributed by atoms with Crippen LogP contribution in [0.1, 0.15) is 58.7 Å². The number of aliphatic carboxylic acids is 1. The van der Waals surface area contributed by atoms with Crippen LogP contribution >= 0.6 is 23.5 Å². The van der Waals surface area contributed by atoms with Gasteiger partial charge in [0.25, 0.3) is 0 Å². The van der Waals surface area contributed by atoms with Gasteiger partial charge in [0, 0.05) is 16.4 Å². The molecule has 4 aliphatic heterocycles. The van der Waals surface area contributed by atoms with Gasteiger partial charge in [0.2, 0.25) is 29.9 Å². The molecule has 0 saturated carbocycles. The molecular weight excluding hydrogens is 755 g/mol. The molecule has 55 heavy (non-hydrogen) atoms. The summed E-state index contributed by atoms with van der Waals surface area (Å²) in [6.07, 6.45) is -1.94. The number of carbonyl (C=O) groups is 7. The number of β-lactam (4-membered cyclic amide) rings is 2. The summed E-state index contributed by atoms with van der Waals surface area (Å²) < 4.78 is 13.5. The quantitative estimate of drug-likeness (QED) is 0.145. The number of thioether (sulfide) groups is 2. The zero-order valence-corrected chi connectivity index (χ0v) is 32.8. The first kappa shape index (κ1) is 41.4. The Balaban J connectivity index is 0.000000222. The summed E-state index contributed by atoms with van der Waals surface area (Å²) in [5.74, 6) is -3.14. The first-order valence-electron chi connectivity index (χ1n) is 17.6. The van der Waals surface area contributed by atoms with Gasteiger partial charge in [-0.25, -0.2) is 14.4 Å². The largest absolute Gasteiger partial charge is 0.511 e. The van der Waals surface area contributed by atoms with Crippen molar-refractivity contribution in [1.82, 2.24) is 20.4 Å². The van der Waals surface area contributed by atoms with Crippen LogP contribution in [-0.2, 0) is 49.4 Å². The van der Waals surface area contributed by atoms with Crippen molar-refractivity contribution in [3.05, 3.63) is 71.8 Å². The van der Waals surface area contributed by atoms with Crippen molar-refractivity contribution in [2.75, 3.05) is 6.61 Å². The minimum atomic E-state index is -1.18. The molecule has 0 bridgehead atoms. The van der Waals surface area contributed by atoms with E-state index in [9.17, 15) is 38.7 Å². The summed E-state index contributed by atoms with van der Waals surface area (Å²) >= 11 is 2.80. The Labute approximate surface area is 326 Å². The highest BCUT2D eigenvalue weighted by Gasteiger charge is 2.65. The number of rotatable bonds is 11. The lowest BCUT2D eigenvalue weighted by atomic mass is 9.95. The van der Waals surface area contributed by atoms with Gasteiger partial charge in [-0.1, -0.05) is 60.7 Å². The standard InChI is InChI=1S/C21H27N3O7S.C16H18N2O4S/c1-5-29-20(28)31-11(2)30-19(27)15-21(3,4)32-18-14(17(26)24(15)18)23-16(25)13(22)12-9-7-6-8-10-12;1-16(2)12(15(21)22)18-13(20)11(14(18)23-16)17-10(19)8-9-6-4-3-5-7-9/h6-11,13-15,18H,5,22H2,1-4H3,(H,23,25);3-7,11-12,14H,8H2,1-2H3,(H,17,19)(H,21,22)/t11?,13-,14-,15+,18-;11-,12+,14-/m11/s1. The SMILES string of the molecule is CC1(C)S[C@@H]2[C@H](NC(=O)Cc3ccccc3)C(=O)N2[C@H]1C(=O)O.CCOC(=O)OC(C)OC(=O)[C@@H]1N2C(=O)[C@@H](NC(=O)[C@H](N)c3ccccc3)[C@H]2SC1(C)C. The lowest BCUT2D eigenvalue weighted by Crippen LogP contribution is -2.71. The molecule has 4 saturated heterocycles. The van der Waals surface area contributed by atoms with Gasteiger partial charge in [-0.15, -0.1) is 23.5 Å². The van der Waals surface area contributed by atoms with Crippen molar-refractivity contribution in [2.45, 2.75) is 105 Å². The highest BCUT2D eigenvalue weighted by atomic mass is 32.2. The first-order chi connectivity index (χ1) is 25.9. The predicted molar refractivity (Wildman–Crippen MR) is 201 cm³/mol. The fraction of sp³-hybridized carbons (Fsp3) is 0.486. The first-order valence-corrected chi connectivity index (χ1v) is 19.3. The van der Waals surface area contributed by atoms with E-state index in [1.807, 2.05) is 50.2 Å². The number of benzene rings is 2. The number of fused-ring (bicyclic) bond motifs is 2. The third kappa shape index (κ3) is 8.70. The van der Waals surface area contributed by atoms with Crippen LogP contribution in [0.25, 0.3) is 0 Å². The topological polar surface area (TPSA) is 224 Å². The molecule has 16 nitrogen and oxygen atoms in total. The number of carboxylic acids is 1. The van der Waals surface area contributed by atoms with E-state index in [2.05, 4.69) is 15.4 Å². The molecule has 18 heteroatoms. The lowest BCUT2D eigenvalue weighted by molar-refractivity contribution is -0.180. The number of carbonyl (C=O) groups excluding carboxylic acids is 6. The van der Waals surface area contributed by atoms with E-state index < -0.39 is 81.3 Å². The maximum atomic E-state index is 12.8. The third-order valence-electron chi connectivity index (χ3n) is 9.41. The van der Waals surface area contributed by atoms with E-state index in [0.717, 1.165) is 5.56 Å². The lowest BCUT2D eigenvalue weighted by Gasteiger charge is -2.44. The van der Waals surface area contributed by atoms with E-state index in [4.69, 9.17) is 15.2 Å². The van der Waals surface area contributed by atoms with Gasteiger partial charge in [-0.2, -0.15) is 0 Å².